The first-order chi connectivity index (χ1) is 11.6. The van der Waals surface area contributed by atoms with Gasteiger partial charge in [0.2, 0.25) is 5.91 Å². The zero-order valence-corrected chi connectivity index (χ0v) is 15.2. The van der Waals surface area contributed by atoms with Gasteiger partial charge in [0.05, 0.1) is 0 Å². The lowest BCUT2D eigenvalue weighted by molar-refractivity contribution is -0.127. The average molecular weight is 336 g/mol. The highest BCUT2D eigenvalue weighted by atomic mass is 16.5. The molecule has 2 saturated heterocycles. The quantitative estimate of drug-likeness (QED) is 0.621. The van der Waals surface area contributed by atoms with Crippen LogP contribution in [0.3, 0.4) is 0 Å². The van der Waals surface area contributed by atoms with Crippen LogP contribution in [0.5, 0.6) is 0 Å². The van der Waals surface area contributed by atoms with E-state index in [-0.39, 0.29) is 12.5 Å². The molecular formula is C18H32N4O2. The van der Waals surface area contributed by atoms with Crippen molar-refractivity contribution in [2.45, 2.75) is 44.6 Å². The number of rotatable bonds is 4. The van der Waals surface area contributed by atoms with Gasteiger partial charge in [0.1, 0.15) is 6.54 Å². The SMILES string of the molecule is CN(C)C(=O)CN=C(NC1CCCC1)N1CCC(C2CCOC2)C1. The van der Waals surface area contributed by atoms with E-state index in [9.17, 15) is 4.79 Å². The molecule has 6 nitrogen and oxygen atoms in total. The summed E-state index contributed by atoms with van der Waals surface area (Å²) < 4.78 is 5.56. The van der Waals surface area contributed by atoms with E-state index in [2.05, 4.69) is 15.2 Å². The normalized spacial score (nSPS) is 28.6. The lowest BCUT2D eigenvalue weighted by Gasteiger charge is -2.26. The molecule has 2 atom stereocenters. The first kappa shape index (κ1) is 17.5. The summed E-state index contributed by atoms with van der Waals surface area (Å²) in [7, 11) is 3.57. The van der Waals surface area contributed by atoms with Crippen molar-refractivity contribution in [3.63, 3.8) is 0 Å². The molecule has 0 aromatic rings. The summed E-state index contributed by atoms with van der Waals surface area (Å²) in [5, 5.41) is 3.64. The van der Waals surface area contributed by atoms with Crippen LogP contribution in [0, 0.1) is 11.8 Å². The topological polar surface area (TPSA) is 57.2 Å². The standard InChI is InChI=1S/C18H32N4O2/c1-21(2)17(23)11-19-18(20-16-5-3-4-6-16)22-9-7-14(12-22)15-8-10-24-13-15/h14-16H,3-13H2,1-2H3,(H,19,20). The van der Waals surface area contributed by atoms with Gasteiger partial charge in [0.25, 0.3) is 0 Å². The zero-order chi connectivity index (χ0) is 16.9. The smallest absolute Gasteiger partial charge is 0.243 e. The highest BCUT2D eigenvalue weighted by molar-refractivity contribution is 5.85. The van der Waals surface area contributed by atoms with Crippen molar-refractivity contribution in [3.05, 3.63) is 0 Å². The van der Waals surface area contributed by atoms with E-state index >= 15 is 0 Å². The Hall–Kier alpha value is -1.30. The van der Waals surface area contributed by atoms with Crippen molar-refractivity contribution in [1.29, 1.82) is 0 Å². The fourth-order valence-electron chi connectivity index (χ4n) is 4.06. The van der Waals surface area contributed by atoms with Crippen LogP contribution < -0.4 is 5.32 Å². The summed E-state index contributed by atoms with van der Waals surface area (Å²) in [4.78, 5) is 20.6. The van der Waals surface area contributed by atoms with Gasteiger partial charge < -0.3 is 19.9 Å². The van der Waals surface area contributed by atoms with Gasteiger partial charge in [-0.15, -0.1) is 0 Å². The van der Waals surface area contributed by atoms with Gasteiger partial charge in [0, 0.05) is 46.4 Å². The van der Waals surface area contributed by atoms with Crippen LogP contribution in [0.1, 0.15) is 38.5 Å². The van der Waals surface area contributed by atoms with Crippen LogP contribution in [0.2, 0.25) is 0 Å². The van der Waals surface area contributed by atoms with E-state index in [1.54, 1.807) is 19.0 Å². The van der Waals surface area contributed by atoms with E-state index in [1.165, 1.54) is 38.5 Å². The minimum absolute atomic E-state index is 0.0562. The van der Waals surface area contributed by atoms with Gasteiger partial charge in [-0.1, -0.05) is 12.8 Å². The van der Waals surface area contributed by atoms with Crippen LogP contribution in [-0.2, 0) is 9.53 Å². The van der Waals surface area contributed by atoms with Crippen molar-refractivity contribution >= 4 is 11.9 Å². The number of guanidine groups is 1. The molecule has 136 valence electrons. The molecular weight excluding hydrogens is 304 g/mol. The Kier molecular flexibility index (Phi) is 5.98. The molecule has 1 amide bonds. The Bertz CT molecular complexity index is 454. The van der Waals surface area contributed by atoms with Crippen molar-refractivity contribution < 1.29 is 9.53 Å². The molecule has 2 heterocycles. The van der Waals surface area contributed by atoms with Crippen LogP contribution in [0.4, 0.5) is 0 Å². The first-order valence-electron chi connectivity index (χ1n) is 9.47. The first-order valence-corrected chi connectivity index (χ1v) is 9.47. The van der Waals surface area contributed by atoms with Crippen molar-refractivity contribution in [2.75, 3.05) is 46.9 Å². The number of ether oxygens (including phenoxy) is 1. The highest BCUT2D eigenvalue weighted by Gasteiger charge is 2.33. The lowest BCUT2D eigenvalue weighted by Crippen LogP contribution is -2.45. The number of likely N-dealkylation sites (N-methyl/N-ethyl adjacent to an activating group) is 1. The Labute approximate surface area is 145 Å². The number of carbonyl (C=O) groups excluding carboxylic acids is 1. The molecule has 1 aliphatic carbocycles. The summed E-state index contributed by atoms with van der Waals surface area (Å²) in [5.41, 5.74) is 0. The maximum Gasteiger partial charge on any atom is 0.243 e. The molecule has 1 saturated carbocycles. The second-order valence-electron chi connectivity index (χ2n) is 7.67. The number of likely N-dealkylation sites (tertiary alicyclic amines) is 1. The maximum absolute atomic E-state index is 11.9. The third-order valence-corrected chi connectivity index (χ3v) is 5.71. The Morgan fingerprint density at radius 2 is 2.00 bits per heavy atom. The van der Waals surface area contributed by atoms with E-state index in [0.29, 0.717) is 17.9 Å². The molecule has 0 spiro atoms. The predicted molar refractivity (Wildman–Crippen MR) is 95.0 cm³/mol. The van der Waals surface area contributed by atoms with Gasteiger partial charge in [-0.2, -0.15) is 0 Å². The van der Waals surface area contributed by atoms with E-state index in [4.69, 9.17) is 4.74 Å². The Morgan fingerprint density at radius 3 is 2.67 bits per heavy atom. The number of nitrogens with one attached hydrogen (secondary N) is 1. The van der Waals surface area contributed by atoms with Gasteiger partial charge in [-0.25, -0.2) is 4.99 Å². The van der Waals surface area contributed by atoms with E-state index < -0.39 is 0 Å². The third-order valence-electron chi connectivity index (χ3n) is 5.71. The monoisotopic (exact) mass is 336 g/mol. The fraction of sp³-hybridized carbons (Fsp3) is 0.889. The summed E-state index contributed by atoms with van der Waals surface area (Å²) in [6.45, 7) is 4.15. The maximum atomic E-state index is 11.9. The number of amides is 1. The van der Waals surface area contributed by atoms with E-state index in [0.717, 1.165) is 32.3 Å². The molecule has 6 heteroatoms. The van der Waals surface area contributed by atoms with Crippen molar-refractivity contribution in [2.24, 2.45) is 16.8 Å². The minimum atomic E-state index is 0.0562. The second-order valence-corrected chi connectivity index (χ2v) is 7.67. The predicted octanol–water partition coefficient (Wildman–Crippen LogP) is 1.32. The molecule has 0 radical (unpaired) electrons. The van der Waals surface area contributed by atoms with Gasteiger partial charge in [-0.3, -0.25) is 4.79 Å². The summed E-state index contributed by atoms with van der Waals surface area (Å²) in [6, 6.07) is 0.520. The van der Waals surface area contributed by atoms with Gasteiger partial charge in [-0.05, 0) is 37.5 Å². The van der Waals surface area contributed by atoms with Crippen molar-refractivity contribution in [1.82, 2.24) is 15.1 Å². The van der Waals surface area contributed by atoms with Gasteiger partial charge in [0.15, 0.2) is 5.96 Å². The second kappa shape index (κ2) is 8.19. The number of nitrogens with zero attached hydrogens (tertiary/aromatic N) is 3. The Balaban J connectivity index is 1.62. The number of aliphatic imine (C=N–C) groups is 1. The number of carbonyl (C=O) groups is 1. The van der Waals surface area contributed by atoms with Crippen LogP contribution in [0.15, 0.2) is 4.99 Å². The van der Waals surface area contributed by atoms with Crippen LogP contribution in [-0.4, -0.2) is 74.7 Å². The number of hydrogen-bond acceptors (Lipinski definition) is 3. The lowest BCUT2D eigenvalue weighted by atomic mass is 9.91. The minimum Gasteiger partial charge on any atom is -0.381 e. The summed E-state index contributed by atoms with van der Waals surface area (Å²) in [6.07, 6.45) is 7.43. The van der Waals surface area contributed by atoms with Crippen LogP contribution >= 0.6 is 0 Å². The average Bonchev–Trinajstić information content (AvgIpc) is 3.32. The molecule has 2 aliphatic heterocycles. The largest absolute Gasteiger partial charge is 0.381 e. The molecule has 3 rings (SSSR count). The summed E-state index contributed by atoms with van der Waals surface area (Å²) >= 11 is 0. The highest BCUT2D eigenvalue weighted by Crippen LogP contribution is 2.30. The molecule has 0 aromatic heterocycles. The molecule has 2 unspecified atom stereocenters. The molecule has 24 heavy (non-hydrogen) atoms. The Morgan fingerprint density at radius 1 is 1.21 bits per heavy atom. The molecule has 0 bridgehead atoms. The molecule has 0 aromatic carbocycles. The van der Waals surface area contributed by atoms with E-state index in [1.807, 2.05) is 0 Å². The summed E-state index contributed by atoms with van der Waals surface area (Å²) in [5.74, 6) is 2.40. The molecule has 1 N–H and O–H groups in total. The van der Waals surface area contributed by atoms with Crippen LogP contribution in [0.25, 0.3) is 0 Å². The van der Waals surface area contributed by atoms with Crippen molar-refractivity contribution in [3.8, 4) is 0 Å². The zero-order valence-electron chi connectivity index (χ0n) is 15.2. The molecule has 3 fully saturated rings. The molecule has 3 aliphatic rings. The fourth-order valence-corrected chi connectivity index (χ4v) is 4.06. The van der Waals surface area contributed by atoms with Gasteiger partial charge >= 0.3 is 0 Å². The third kappa shape index (κ3) is 4.41. The number of hydrogen-bond donors (Lipinski definition) is 1.